The Morgan fingerprint density at radius 1 is 1.28 bits per heavy atom. The first-order valence-electron chi connectivity index (χ1n) is 6.84. The lowest BCUT2D eigenvalue weighted by atomic mass is 9.85. The van der Waals surface area contributed by atoms with E-state index in [9.17, 15) is 0 Å². The molecular formula is C15H23NO2. The molecule has 2 rings (SSSR count). The van der Waals surface area contributed by atoms with Crippen molar-refractivity contribution in [3.63, 3.8) is 0 Å². The number of rotatable bonds is 4. The molecule has 1 aromatic carbocycles. The summed E-state index contributed by atoms with van der Waals surface area (Å²) in [4.78, 5) is 0. The number of anilines is 1. The van der Waals surface area contributed by atoms with Crippen molar-refractivity contribution in [2.45, 2.75) is 45.1 Å². The topological polar surface area (TPSA) is 44.5 Å². The summed E-state index contributed by atoms with van der Waals surface area (Å²) in [7, 11) is 1.64. The second-order valence-corrected chi connectivity index (χ2v) is 5.01. The third-order valence-corrected chi connectivity index (χ3v) is 3.86. The molecule has 0 heterocycles. The molecule has 0 radical (unpaired) electrons. The van der Waals surface area contributed by atoms with Crippen LogP contribution in [0.5, 0.6) is 11.5 Å². The van der Waals surface area contributed by atoms with Gasteiger partial charge in [-0.05, 0) is 43.7 Å². The van der Waals surface area contributed by atoms with Crippen LogP contribution < -0.4 is 15.2 Å². The molecule has 0 aliphatic heterocycles. The van der Waals surface area contributed by atoms with Gasteiger partial charge in [-0.2, -0.15) is 0 Å². The molecule has 1 aliphatic rings. The fraction of sp³-hybridized carbons (Fsp3) is 0.600. The normalized spacial score (nSPS) is 23.7. The number of methoxy groups -OCH3 is 1. The highest BCUT2D eigenvalue weighted by atomic mass is 16.5. The monoisotopic (exact) mass is 249 g/mol. The third-order valence-electron chi connectivity index (χ3n) is 3.86. The van der Waals surface area contributed by atoms with Crippen LogP contribution in [0.1, 0.15) is 39.0 Å². The summed E-state index contributed by atoms with van der Waals surface area (Å²) in [6, 6.07) is 5.63. The van der Waals surface area contributed by atoms with Gasteiger partial charge >= 0.3 is 0 Å². The Morgan fingerprint density at radius 2 is 2.06 bits per heavy atom. The molecule has 100 valence electrons. The standard InChI is InChI=1S/C15H23NO2/c1-3-11-6-4-5-7-14(11)18-15-9-8-12(17-2)10-13(15)16/h8-11,14H,3-7,16H2,1-2H3. The zero-order valence-electron chi connectivity index (χ0n) is 11.3. The van der Waals surface area contributed by atoms with Crippen molar-refractivity contribution in [1.82, 2.24) is 0 Å². The first-order valence-corrected chi connectivity index (χ1v) is 6.84. The molecule has 2 atom stereocenters. The highest BCUT2D eigenvalue weighted by Gasteiger charge is 2.25. The lowest BCUT2D eigenvalue weighted by Gasteiger charge is -2.31. The summed E-state index contributed by atoms with van der Waals surface area (Å²) in [6.45, 7) is 2.24. The fourth-order valence-corrected chi connectivity index (χ4v) is 2.72. The van der Waals surface area contributed by atoms with Crippen molar-refractivity contribution in [3.05, 3.63) is 18.2 Å². The van der Waals surface area contributed by atoms with Gasteiger partial charge in [0.05, 0.1) is 12.8 Å². The highest BCUT2D eigenvalue weighted by molar-refractivity contribution is 5.56. The summed E-state index contributed by atoms with van der Waals surface area (Å²) >= 11 is 0. The van der Waals surface area contributed by atoms with E-state index in [0.29, 0.717) is 17.7 Å². The van der Waals surface area contributed by atoms with Crippen LogP contribution in [0.15, 0.2) is 18.2 Å². The summed E-state index contributed by atoms with van der Waals surface area (Å²) in [5.41, 5.74) is 6.66. The summed E-state index contributed by atoms with van der Waals surface area (Å²) in [5.74, 6) is 2.23. The lowest BCUT2D eigenvalue weighted by molar-refractivity contribution is 0.0911. The second kappa shape index (κ2) is 5.98. The minimum absolute atomic E-state index is 0.319. The SMILES string of the molecule is CCC1CCCCC1Oc1ccc(OC)cc1N. The van der Waals surface area contributed by atoms with Crippen LogP contribution in [0.4, 0.5) is 5.69 Å². The lowest BCUT2D eigenvalue weighted by Crippen LogP contribution is -2.30. The van der Waals surface area contributed by atoms with Crippen molar-refractivity contribution < 1.29 is 9.47 Å². The van der Waals surface area contributed by atoms with Crippen LogP contribution in [-0.4, -0.2) is 13.2 Å². The molecule has 0 spiro atoms. The molecule has 1 saturated carbocycles. The molecule has 0 aromatic heterocycles. The van der Waals surface area contributed by atoms with Crippen molar-refractivity contribution in [3.8, 4) is 11.5 Å². The van der Waals surface area contributed by atoms with Crippen LogP contribution >= 0.6 is 0 Å². The van der Waals surface area contributed by atoms with E-state index in [-0.39, 0.29) is 0 Å². The van der Waals surface area contributed by atoms with E-state index < -0.39 is 0 Å². The van der Waals surface area contributed by atoms with Gasteiger partial charge in [0.2, 0.25) is 0 Å². The van der Waals surface area contributed by atoms with Gasteiger partial charge in [0, 0.05) is 6.07 Å². The molecule has 0 bridgehead atoms. The quantitative estimate of drug-likeness (QED) is 0.829. The average molecular weight is 249 g/mol. The molecule has 1 fully saturated rings. The third kappa shape index (κ3) is 2.89. The second-order valence-electron chi connectivity index (χ2n) is 5.01. The first-order chi connectivity index (χ1) is 8.74. The van der Waals surface area contributed by atoms with E-state index in [1.165, 1.54) is 25.7 Å². The van der Waals surface area contributed by atoms with Crippen LogP contribution in [0.2, 0.25) is 0 Å². The van der Waals surface area contributed by atoms with E-state index in [0.717, 1.165) is 17.9 Å². The Morgan fingerprint density at radius 3 is 2.72 bits per heavy atom. The van der Waals surface area contributed by atoms with E-state index >= 15 is 0 Å². The van der Waals surface area contributed by atoms with Gasteiger partial charge in [0.25, 0.3) is 0 Å². The highest BCUT2D eigenvalue weighted by Crippen LogP contribution is 2.33. The molecule has 1 aromatic rings. The predicted octanol–water partition coefficient (Wildman–Crippen LogP) is 3.63. The number of benzene rings is 1. The molecule has 0 saturated heterocycles. The van der Waals surface area contributed by atoms with E-state index in [4.69, 9.17) is 15.2 Å². The molecule has 0 amide bonds. The Kier molecular flexibility index (Phi) is 4.34. The maximum absolute atomic E-state index is 6.11. The summed E-state index contributed by atoms with van der Waals surface area (Å²) < 4.78 is 11.3. The van der Waals surface area contributed by atoms with Crippen molar-refractivity contribution >= 4 is 5.69 Å². The van der Waals surface area contributed by atoms with Crippen LogP contribution in [0.3, 0.4) is 0 Å². The molecule has 3 heteroatoms. The van der Waals surface area contributed by atoms with Gasteiger partial charge in [-0.25, -0.2) is 0 Å². The number of hydrogen-bond donors (Lipinski definition) is 1. The van der Waals surface area contributed by atoms with Gasteiger partial charge in [0.15, 0.2) is 0 Å². The minimum Gasteiger partial charge on any atom is -0.497 e. The number of nitrogens with two attached hydrogens (primary N) is 1. The summed E-state index contributed by atoms with van der Waals surface area (Å²) in [5, 5.41) is 0. The number of hydrogen-bond acceptors (Lipinski definition) is 3. The van der Waals surface area contributed by atoms with Gasteiger partial charge in [-0.3, -0.25) is 0 Å². The van der Waals surface area contributed by atoms with E-state index in [1.807, 2.05) is 18.2 Å². The van der Waals surface area contributed by atoms with Gasteiger partial charge in [0.1, 0.15) is 17.6 Å². The van der Waals surface area contributed by atoms with Crippen molar-refractivity contribution in [2.75, 3.05) is 12.8 Å². The Balaban J connectivity index is 2.07. The Hall–Kier alpha value is -1.38. The van der Waals surface area contributed by atoms with Gasteiger partial charge < -0.3 is 15.2 Å². The van der Waals surface area contributed by atoms with Crippen molar-refractivity contribution in [1.29, 1.82) is 0 Å². The van der Waals surface area contributed by atoms with Crippen LogP contribution in [0, 0.1) is 5.92 Å². The first kappa shape index (κ1) is 13.1. The van der Waals surface area contributed by atoms with Gasteiger partial charge in [-0.1, -0.05) is 13.3 Å². The zero-order chi connectivity index (χ0) is 13.0. The maximum atomic E-state index is 6.11. The molecule has 18 heavy (non-hydrogen) atoms. The average Bonchev–Trinajstić information content (AvgIpc) is 2.41. The zero-order valence-corrected chi connectivity index (χ0v) is 11.3. The Bertz CT molecular complexity index is 392. The minimum atomic E-state index is 0.319. The molecular weight excluding hydrogens is 226 g/mol. The van der Waals surface area contributed by atoms with Crippen molar-refractivity contribution in [2.24, 2.45) is 5.92 Å². The largest absolute Gasteiger partial charge is 0.497 e. The molecule has 2 unspecified atom stereocenters. The van der Waals surface area contributed by atoms with Crippen LogP contribution in [0.25, 0.3) is 0 Å². The van der Waals surface area contributed by atoms with E-state index in [2.05, 4.69) is 6.92 Å². The van der Waals surface area contributed by atoms with Gasteiger partial charge in [-0.15, -0.1) is 0 Å². The van der Waals surface area contributed by atoms with E-state index in [1.54, 1.807) is 7.11 Å². The van der Waals surface area contributed by atoms with Crippen LogP contribution in [-0.2, 0) is 0 Å². The summed E-state index contributed by atoms with van der Waals surface area (Å²) in [6.07, 6.45) is 6.51. The fourth-order valence-electron chi connectivity index (χ4n) is 2.72. The smallest absolute Gasteiger partial charge is 0.142 e. The number of ether oxygens (including phenoxy) is 2. The molecule has 1 aliphatic carbocycles. The molecule has 3 nitrogen and oxygen atoms in total. The number of nitrogen functional groups attached to an aromatic ring is 1. The molecule has 2 N–H and O–H groups in total. The Labute approximate surface area is 109 Å². The predicted molar refractivity (Wildman–Crippen MR) is 74.1 cm³/mol. The maximum Gasteiger partial charge on any atom is 0.142 e.